The zero-order valence-electron chi connectivity index (χ0n) is 10.5. The zero-order valence-corrected chi connectivity index (χ0v) is 11.3. The fraction of sp³-hybridized carbons (Fsp3) is 0.714. The standard InChI is InChI=1S/C14H23NS/c1-3-9-15-14(13-4-5-13)7-6-12-8-10-16-11(12)2/h8,10,13-15H,3-7,9H2,1-2H3. The van der Waals surface area contributed by atoms with Crippen molar-refractivity contribution < 1.29 is 0 Å². The Morgan fingerprint density at radius 2 is 2.31 bits per heavy atom. The second-order valence-electron chi connectivity index (χ2n) is 4.94. The van der Waals surface area contributed by atoms with Gasteiger partial charge in [0.1, 0.15) is 0 Å². The van der Waals surface area contributed by atoms with Crippen molar-refractivity contribution in [3.63, 3.8) is 0 Å². The van der Waals surface area contributed by atoms with Crippen LogP contribution < -0.4 is 5.32 Å². The second kappa shape index (κ2) is 5.83. The lowest BCUT2D eigenvalue weighted by atomic mass is 10.0. The van der Waals surface area contributed by atoms with Crippen LogP contribution in [0.4, 0.5) is 0 Å². The summed E-state index contributed by atoms with van der Waals surface area (Å²) in [5, 5.41) is 5.94. The first-order valence-electron chi connectivity index (χ1n) is 6.57. The Labute approximate surface area is 103 Å². The van der Waals surface area contributed by atoms with Gasteiger partial charge in [0.2, 0.25) is 0 Å². The lowest BCUT2D eigenvalue weighted by Gasteiger charge is -2.17. The minimum Gasteiger partial charge on any atom is -0.314 e. The van der Waals surface area contributed by atoms with Gasteiger partial charge >= 0.3 is 0 Å². The Balaban J connectivity index is 1.79. The maximum atomic E-state index is 3.72. The molecule has 16 heavy (non-hydrogen) atoms. The highest BCUT2D eigenvalue weighted by molar-refractivity contribution is 7.10. The number of hydrogen-bond acceptors (Lipinski definition) is 2. The van der Waals surface area contributed by atoms with Crippen molar-refractivity contribution in [2.75, 3.05) is 6.54 Å². The van der Waals surface area contributed by atoms with Crippen LogP contribution in [0, 0.1) is 12.8 Å². The lowest BCUT2D eigenvalue weighted by Crippen LogP contribution is -2.32. The van der Waals surface area contributed by atoms with Gasteiger partial charge in [0.25, 0.3) is 0 Å². The first-order chi connectivity index (χ1) is 7.81. The predicted octanol–water partition coefficient (Wildman–Crippen LogP) is 3.77. The SMILES string of the molecule is CCCNC(CCc1ccsc1C)C1CC1. The molecule has 90 valence electrons. The van der Waals surface area contributed by atoms with E-state index in [9.17, 15) is 0 Å². The zero-order chi connectivity index (χ0) is 11.4. The molecule has 0 aliphatic heterocycles. The van der Waals surface area contributed by atoms with Crippen molar-refractivity contribution in [1.29, 1.82) is 0 Å². The average Bonchev–Trinajstić information content (AvgIpc) is 3.04. The second-order valence-corrected chi connectivity index (χ2v) is 6.06. The Morgan fingerprint density at radius 3 is 2.88 bits per heavy atom. The molecule has 1 saturated carbocycles. The molecule has 0 aromatic carbocycles. The molecule has 1 atom stereocenters. The smallest absolute Gasteiger partial charge is 0.00984 e. The molecule has 1 aliphatic rings. The fourth-order valence-electron chi connectivity index (χ4n) is 2.31. The van der Waals surface area contributed by atoms with Crippen LogP contribution in [0.1, 0.15) is 43.0 Å². The molecule has 1 N–H and O–H groups in total. The van der Waals surface area contributed by atoms with Crippen molar-refractivity contribution >= 4 is 11.3 Å². The highest BCUT2D eigenvalue weighted by Gasteiger charge is 2.30. The van der Waals surface area contributed by atoms with Crippen molar-refractivity contribution in [2.45, 2.75) is 52.0 Å². The molecule has 1 unspecified atom stereocenters. The van der Waals surface area contributed by atoms with Crippen LogP contribution in [-0.4, -0.2) is 12.6 Å². The summed E-state index contributed by atoms with van der Waals surface area (Å²) < 4.78 is 0. The van der Waals surface area contributed by atoms with E-state index in [0.717, 1.165) is 12.0 Å². The molecule has 2 heteroatoms. The minimum absolute atomic E-state index is 0.777. The maximum absolute atomic E-state index is 3.72. The third kappa shape index (κ3) is 3.33. The first-order valence-corrected chi connectivity index (χ1v) is 7.45. The summed E-state index contributed by atoms with van der Waals surface area (Å²) in [6.07, 6.45) is 6.73. The van der Waals surface area contributed by atoms with Gasteiger partial charge in [-0.3, -0.25) is 0 Å². The monoisotopic (exact) mass is 237 g/mol. The molecule has 0 spiro atoms. The Bertz CT molecular complexity index is 314. The van der Waals surface area contributed by atoms with Gasteiger partial charge in [0.05, 0.1) is 0 Å². The van der Waals surface area contributed by atoms with Crippen LogP contribution in [-0.2, 0) is 6.42 Å². The van der Waals surface area contributed by atoms with Gasteiger partial charge in [-0.05, 0) is 68.5 Å². The van der Waals surface area contributed by atoms with Crippen molar-refractivity contribution in [2.24, 2.45) is 5.92 Å². The molecule has 1 aromatic rings. The molecular formula is C14H23NS. The van der Waals surface area contributed by atoms with Crippen LogP contribution in [0.15, 0.2) is 11.4 Å². The van der Waals surface area contributed by atoms with E-state index < -0.39 is 0 Å². The molecule has 0 radical (unpaired) electrons. The quantitative estimate of drug-likeness (QED) is 0.761. The van der Waals surface area contributed by atoms with E-state index in [-0.39, 0.29) is 0 Å². The largest absolute Gasteiger partial charge is 0.314 e. The molecule has 0 bridgehead atoms. The van der Waals surface area contributed by atoms with Crippen LogP contribution in [0.25, 0.3) is 0 Å². The van der Waals surface area contributed by atoms with Gasteiger partial charge in [0, 0.05) is 10.9 Å². The van der Waals surface area contributed by atoms with Gasteiger partial charge in [-0.1, -0.05) is 6.92 Å². The average molecular weight is 237 g/mol. The summed E-state index contributed by atoms with van der Waals surface area (Å²) in [5.74, 6) is 0.977. The Kier molecular flexibility index (Phi) is 4.42. The van der Waals surface area contributed by atoms with Crippen molar-refractivity contribution in [3.8, 4) is 0 Å². The van der Waals surface area contributed by atoms with Gasteiger partial charge < -0.3 is 5.32 Å². The fourth-order valence-corrected chi connectivity index (χ4v) is 3.07. The molecule has 1 heterocycles. The number of thiophene rings is 1. The molecule has 1 aliphatic carbocycles. The third-order valence-electron chi connectivity index (χ3n) is 3.54. The van der Waals surface area contributed by atoms with E-state index in [4.69, 9.17) is 0 Å². The Hall–Kier alpha value is -0.340. The van der Waals surface area contributed by atoms with E-state index in [1.165, 1.54) is 43.5 Å². The summed E-state index contributed by atoms with van der Waals surface area (Å²) in [5.41, 5.74) is 1.56. The van der Waals surface area contributed by atoms with Crippen LogP contribution in [0.3, 0.4) is 0 Å². The molecule has 0 amide bonds. The predicted molar refractivity (Wildman–Crippen MR) is 72.2 cm³/mol. The van der Waals surface area contributed by atoms with E-state index >= 15 is 0 Å². The normalized spacial score (nSPS) is 17.6. The van der Waals surface area contributed by atoms with E-state index in [0.29, 0.717) is 0 Å². The minimum atomic E-state index is 0.777. The van der Waals surface area contributed by atoms with Crippen molar-refractivity contribution in [1.82, 2.24) is 5.32 Å². The molecule has 2 rings (SSSR count). The third-order valence-corrected chi connectivity index (χ3v) is 4.43. The summed E-state index contributed by atoms with van der Waals surface area (Å²) in [6.45, 7) is 5.68. The number of rotatable bonds is 7. The van der Waals surface area contributed by atoms with E-state index in [1.807, 2.05) is 11.3 Å². The lowest BCUT2D eigenvalue weighted by molar-refractivity contribution is 0.436. The van der Waals surface area contributed by atoms with Gasteiger partial charge in [-0.15, -0.1) is 11.3 Å². The van der Waals surface area contributed by atoms with E-state index in [2.05, 4.69) is 30.6 Å². The summed E-state index contributed by atoms with van der Waals surface area (Å²) >= 11 is 1.88. The van der Waals surface area contributed by atoms with Crippen molar-refractivity contribution in [3.05, 3.63) is 21.9 Å². The van der Waals surface area contributed by atoms with Gasteiger partial charge in [-0.2, -0.15) is 0 Å². The highest BCUT2D eigenvalue weighted by atomic mass is 32.1. The molecule has 1 fully saturated rings. The number of nitrogens with one attached hydrogen (secondary N) is 1. The molecular weight excluding hydrogens is 214 g/mol. The molecule has 1 nitrogen and oxygen atoms in total. The first kappa shape index (κ1) is 12.1. The Morgan fingerprint density at radius 1 is 1.50 bits per heavy atom. The maximum Gasteiger partial charge on any atom is 0.00984 e. The van der Waals surface area contributed by atoms with Gasteiger partial charge in [0.15, 0.2) is 0 Å². The number of aryl methyl sites for hydroxylation is 2. The van der Waals surface area contributed by atoms with Crippen LogP contribution in [0.2, 0.25) is 0 Å². The highest BCUT2D eigenvalue weighted by Crippen LogP contribution is 2.34. The van der Waals surface area contributed by atoms with E-state index in [1.54, 1.807) is 5.56 Å². The summed E-state index contributed by atoms with van der Waals surface area (Å²) in [7, 11) is 0. The van der Waals surface area contributed by atoms with Crippen LogP contribution >= 0.6 is 11.3 Å². The topological polar surface area (TPSA) is 12.0 Å². The molecule has 0 saturated heterocycles. The number of hydrogen-bond donors (Lipinski definition) is 1. The summed E-state index contributed by atoms with van der Waals surface area (Å²) in [6, 6.07) is 3.07. The summed E-state index contributed by atoms with van der Waals surface area (Å²) in [4.78, 5) is 1.50. The molecule has 1 aromatic heterocycles. The van der Waals surface area contributed by atoms with Gasteiger partial charge in [-0.25, -0.2) is 0 Å². The van der Waals surface area contributed by atoms with Crippen LogP contribution in [0.5, 0.6) is 0 Å².